The molecule has 2 bridgehead atoms. The highest BCUT2D eigenvalue weighted by Gasteiger charge is 2.47. The van der Waals surface area contributed by atoms with Gasteiger partial charge in [0, 0.05) is 35.2 Å². The molecule has 2 heterocycles. The highest BCUT2D eigenvalue weighted by atomic mass is 16.6. The normalized spacial score (nSPS) is 24.1. The molecule has 1 spiro atoms. The topological polar surface area (TPSA) is 38.3 Å². The summed E-state index contributed by atoms with van der Waals surface area (Å²) >= 11 is 0. The number of esters is 1. The first kappa shape index (κ1) is 21.5. The predicted octanol–water partition coefficient (Wildman–Crippen LogP) is 6.06. The Labute approximate surface area is 195 Å². The summed E-state index contributed by atoms with van der Waals surface area (Å²) in [6.07, 6.45) is 8.92. The van der Waals surface area contributed by atoms with Crippen LogP contribution in [0.15, 0.2) is 77.9 Å². The van der Waals surface area contributed by atoms with Crippen LogP contribution in [0.5, 0.6) is 0 Å². The van der Waals surface area contributed by atoms with E-state index in [1.54, 1.807) is 6.08 Å². The van der Waals surface area contributed by atoms with Crippen molar-refractivity contribution in [2.24, 2.45) is 0 Å². The Morgan fingerprint density at radius 3 is 2.61 bits per heavy atom. The number of rotatable bonds is 0. The van der Waals surface area contributed by atoms with Crippen molar-refractivity contribution >= 4 is 27.5 Å². The SMILES string of the molecule is C.O=C1C=C2C(C#Cc3cc4ccccc4c4ccccc34)=C[C@@H]3C[C@]2(CCCCCN3)O1. The third kappa shape index (κ3) is 3.75. The van der Waals surface area contributed by atoms with Gasteiger partial charge in [-0.1, -0.05) is 80.3 Å². The highest BCUT2D eigenvalue weighted by molar-refractivity contribution is 6.10. The smallest absolute Gasteiger partial charge is 0.332 e. The van der Waals surface area contributed by atoms with Gasteiger partial charge < -0.3 is 10.1 Å². The Hall–Kier alpha value is -3.35. The molecule has 2 aliphatic heterocycles. The molecule has 6 rings (SSSR count). The number of carbonyl (C=O) groups is 1. The highest BCUT2D eigenvalue weighted by Crippen LogP contribution is 2.44. The molecule has 0 aromatic heterocycles. The second-order valence-corrected chi connectivity index (χ2v) is 9.07. The third-order valence-corrected chi connectivity index (χ3v) is 7.02. The number of hydrogen-bond donors (Lipinski definition) is 1. The molecule has 166 valence electrons. The van der Waals surface area contributed by atoms with Crippen LogP contribution in [0.4, 0.5) is 0 Å². The molecule has 3 aromatic carbocycles. The van der Waals surface area contributed by atoms with Gasteiger partial charge in [-0.05, 0) is 53.4 Å². The van der Waals surface area contributed by atoms with E-state index in [0.29, 0.717) is 0 Å². The van der Waals surface area contributed by atoms with Crippen LogP contribution in [-0.2, 0) is 9.53 Å². The van der Waals surface area contributed by atoms with E-state index in [0.717, 1.165) is 60.7 Å². The fourth-order valence-corrected chi connectivity index (χ4v) is 5.53. The van der Waals surface area contributed by atoms with Crippen molar-refractivity contribution in [2.45, 2.75) is 51.2 Å². The summed E-state index contributed by atoms with van der Waals surface area (Å²) < 4.78 is 5.94. The summed E-state index contributed by atoms with van der Waals surface area (Å²) in [6, 6.07) is 19.2. The van der Waals surface area contributed by atoms with E-state index in [2.05, 4.69) is 77.8 Å². The van der Waals surface area contributed by atoms with Gasteiger partial charge >= 0.3 is 5.97 Å². The van der Waals surface area contributed by atoms with Gasteiger partial charge in [-0.2, -0.15) is 0 Å². The first-order chi connectivity index (χ1) is 15.7. The van der Waals surface area contributed by atoms with Crippen LogP contribution < -0.4 is 5.32 Å². The zero-order valence-electron chi connectivity index (χ0n) is 18.0. The van der Waals surface area contributed by atoms with Crippen LogP contribution >= 0.6 is 0 Å². The molecule has 3 nitrogen and oxygen atoms in total. The van der Waals surface area contributed by atoms with Crippen LogP contribution in [0.1, 0.15) is 45.1 Å². The molecule has 33 heavy (non-hydrogen) atoms. The molecule has 0 radical (unpaired) electrons. The lowest BCUT2D eigenvalue weighted by atomic mass is 9.75. The standard InChI is InChI=1S/C29H25NO2.CH4/c31-28-18-27-22(17-23-19-29(27,32-28)14-6-1-7-15-30-23)13-12-21-16-20-8-2-3-9-24(20)26-11-5-4-10-25(21)26;/h2-5,8-11,16-18,23,30H,1,6-7,14-15,19H2;1H4/t23-,29+;/m1./s1. The summed E-state index contributed by atoms with van der Waals surface area (Å²) in [5.41, 5.74) is 2.39. The maximum absolute atomic E-state index is 12.3. The van der Waals surface area contributed by atoms with E-state index in [-0.39, 0.29) is 19.4 Å². The minimum Gasteiger partial charge on any atom is -0.451 e. The van der Waals surface area contributed by atoms with Gasteiger partial charge in [0.15, 0.2) is 0 Å². The second kappa shape index (κ2) is 8.54. The second-order valence-electron chi connectivity index (χ2n) is 9.07. The van der Waals surface area contributed by atoms with Gasteiger partial charge in [0.05, 0.1) is 0 Å². The van der Waals surface area contributed by atoms with Crippen molar-refractivity contribution in [1.82, 2.24) is 5.32 Å². The van der Waals surface area contributed by atoms with Crippen LogP contribution in [0.25, 0.3) is 21.5 Å². The molecule has 3 heteroatoms. The van der Waals surface area contributed by atoms with Crippen molar-refractivity contribution < 1.29 is 9.53 Å². The van der Waals surface area contributed by atoms with Crippen molar-refractivity contribution in [2.75, 3.05) is 6.54 Å². The van der Waals surface area contributed by atoms with Crippen LogP contribution in [0.3, 0.4) is 0 Å². The van der Waals surface area contributed by atoms with Gasteiger partial charge in [-0.3, -0.25) is 0 Å². The van der Waals surface area contributed by atoms with E-state index in [9.17, 15) is 4.79 Å². The van der Waals surface area contributed by atoms with E-state index < -0.39 is 5.60 Å². The molecule has 1 N–H and O–H groups in total. The lowest BCUT2D eigenvalue weighted by Gasteiger charge is -2.37. The lowest BCUT2D eigenvalue weighted by Crippen LogP contribution is -2.44. The van der Waals surface area contributed by atoms with Gasteiger partial charge in [0.25, 0.3) is 0 Å². The number of ether oxygens (including phenoxy) is 1. The number of fused-ring (bicyclic) bond motifs is 4. The number of hydrogen-bond acceptors (Lipinski definition) is 3. The molecular weight excluding hydrogens is 406 g/mol. The number of benzene rings is 3. The largest absolute Gasteiger partial charge is 0.451 e. The Morgan fingerprint density at radius 2 is 1.73 bits per heavy atom. The molecule has 0 amide bonds. The molecule has 3 aliphatic rings. The third-order valence-electron chi connectivity index (χ3n) is 7.02. The lowest BCUT2D eigenvalue weighted by molar-refractivity contribution is -0.147. The molecule has 1 aliphatic carbocycles. The summed E-state index contributed by atoms with van der Waals surface area (Å²) in [6.45, 7) is 0.986. The molecule has 0 unspecified atom stereocenters. The van der Waals surface area contributed by atoms with Crippen molar-refractivity contribution in [3.05, 3.63) is 83.5 Å². The first-order valence-electron chi connectivity index (χ1n) is 11.6. The molecule has 3 aromatic rings. The Balaban J connectivity index is 0.00000228. The molecule has 1 saturated heterocycles. The van der Waals surface area contributed by atoms with E-state index in [4.69, 9.17) is 4.74 Å². The summed E-state index contributed by atoms with van der Waals surface area (Å²) in [7, 11) is 0. The van der Waals surface area contributed by atoms with Crippen LogP contribution in [-0.4, -0.2) is 24.2 Å². The molecular formula is C30H29NO2. The fraction of sp³-hybridized carbons (Fsp3) is 0.300. The first-order valence-corrected chi connectivity index (χ1v) is 11.6. The molecule has 1 fully saturated rings. The zero-order valence-corrected chi connectivity index (χ0v) is 18.0. The minimum absolute atomic E-state index is 0. The summed E-state index contributed by atoms with van der Waals surface area (Å²) in [5.74, 6) is 6.68. The van der Waals surface area contributed by atoms with Crippen molar-refractivity contribution in [1.29, 1.82) is 0 Å². The fourth-order valence-electron chi connectivity index (χ4n) is 5.53. The Morgan fingerprint density at radius 1 is 0.939 bits per heavy atom. The number of nitrogens with one attached hydrogen (secondary N) is 1. The maximum Gasteiger partial charge on any atom is 0.332 e. The average Bonchev–Trinajstić information content (AvgIpc) is 3.18. The monoisotopic (exact) mass is 435 g/mol. The maximum atomic E-state index is 12.3. The Kier molecular flexibility index (Phi) is 5.56. The van der Waals surface area contributed by atoms with Crippen molar-refractivity contribution in [3.8, 4) is 11.8 Å². The predicted molar refractivity (Wildman–Crippen MR) is 135 cm³/mol. The number of carbonyl (C=O) groups excluding carboxylic acids is 1. The zero-order chi connectivity index (χ0) is 21.5. The summed E-state index contributed by atoms with van der Waals surface area (Å²) in [4.78, 5) is 12.3. The average molecular weight is 436 g/mol. The van der Waals surface area contributed by atoms with Gasteiger partial charge in [-0.25, -0.2) is 4.79 Å². The minimum atomic E-state index is -0.524. The molecule has 2 atom stereocenters. The van der Waals surface area contributed by atoms with E-state index in [1.165, 1.54) is 16.2 Å². The quantitative estimate of drug-likeness (QED) is 0.265. The van der Waals surface area contributed by atoms with Crippen LogP contribution in [0.2, 0.25) is 0 Å². The summed E-state index contributed by atoms with van der Waals surface area (Å²) in [5, 5.41) is 8.43. The Bertz CT molecular complexity index is 1370. The van der Waals surface area contributed by atoms with Gasteiger partial charge in [0.1, 0.15) is 5.60 Å². The van der Waals surface area contributed by atoms with E-state index in [1.807, 2.05) is 0 Å². The van der Waals surface area contributed by atoms with Crippen molar-refractivity contribution in [3.63, 3.8) is 0 Å². The van der Waals surface area contributed by atoms with E-state index >= 15 is 0 Å². The van der Waals surface area contributed by atoms with Gasteiger partial charge in [0.2, 0.25) is 0 Å². The van der Waals surface area contributed by atoms with Gasteiger partial charge in [-0.15, -0.1) is 0 Å². The van der Waals surface area contributed by atoms with Crippen LogP contribution in [0, 0.1) is 11.8 Å². The molecule has 0 saturated carbocycles.